The summed E-state index contributed by atoms with van der Waals surface area (Å²) in [5.74, 6) is 0.501. The van der Waals surface area contributed by atoms with E-state index in [1.165, 1.54) is 4.80 Å². The van der Waals surface area contributed by atoms with Crippen molar-refractivity contribution in [1.29, 1.82) is 0 Å². The molecule has 0 atom stereocenters. The van der Waals surface area contributed by atoms with Gasteiger partial charge in [-0.3, -0.25) is 0 Å². The number of aliphatic hydroxyl groups excluding tert-OH is 2. The highest BCUT2D eigenvalue weighted by atomic mass is 16.3. The molecule has 6 nitrogen and oxygen atoms in total. The Morgan fingerprint density at radius 2 is 2.09 bits per heavy atom. The molecule has 1 aromatic rings. The van der Waals surface area contributed by atoms with Crippen LogP contribution in [0.2, 0.25) is 0 Å². The van der Waals surface area contributed by atoms with Crippen LogP contribution in [-0.2, 0) is 13.0 Å². The Morgan fingerprint density at radius 3 is 2.73 bits per heavy atom. The zero-order valence-electron chi connectivity index (χ0n) is 6.01. The van der Waals surface area contributed by atoms with Gasteiger partial charge in [-0.2, -0.15) is 4.80 Å². The topological polar surface area (TPSA) is 84.1 Å². The highest BCUT2D eigenvalue weighted by molar-refractivity contribution is 4.75. The van der Waals surface area contributed by atoms with Crippen molar-refractivity contribution in [3.05, 3.63) is 5.82 Å². The largest absolute Gasteiger partial charge is 0.396 e. The zero-order chi connectivity index (χ0) is 8.10. The number of nitrogens with zero attached hydrogens (tertiary/aromatic N) is 4. The smallest absolute Gasteiger partial charge is 0.177 e. The van der Waals surface area contributed by atoms with Crippen LogP contribution in [0, 0.1) is 0 Å². The zero-order valence-corrected chi connectivity index (χ0v) is 6.01. The van der Waals surface area contributed by atoms with E-state index in [0.29, 0.717) is 18.8 Å². The van der Waals surface area contributed by atoms with E-state index in [9.17, 15) is 0 Å². The quantitative estimate of drug-likeness (QED) is 0.540. The van der Waals surface area contributed by atoms with Gasteiger partial charge in [0, 0.05) is 6.42 Å². The van der Waals surface area contributed by atoms with Crippen molar-refractivity contribution in [3.8, 4) is 0 Å². The predicted molar refractivity (Wildman–Crippen MR) is 35.7 cm³/mol. The molecule has 0 saturated heterocycles. The normalized spacial score (nSPS) is 10.4. The summed E-state index contributed by atoms with van der Waals surface area (Å²) >= 11 is 0. The third-order valence-electron chi connectivity index (χ3n) is 1.13. The Balaban J connectivity index is 2.51. The lowest BCUT2D eigenvalue weighted by Crippen LogP contribution is -2.06. The SMILES string of the molecule is OCCc1nnn(CCO)n1. The molecule has 0 aliphatic carbocycles. The van der Waals surface area contributed by atoms with Gasteiger partial charge in [0.25, 0.3) is 0 Å². The first kappa shape index (κ1) is 8.09. The Hall–Kier alpha value is -1.01. The summed E-state index contributed by atoms with van der Waals surface area (Å²) in [5, 5.41) is 28.1. The summed E-state index contributed by atoms with van der Waals surface area (Å²) in [5.41, 5.74) is 0. The number of aromatic nitrogens is 4. The van der Waals surface area contributed by atoms with Gasteiger partial charge in [0.15, 0.2) is 5.82 Å². The van der Waals surface area contributed by atoms with Crippen molar-refractivity contribution >= 4 is 0 Å². The fraction of sp³-hybridized carbons (Fsp3) is 0.800. The van der Waals surface area contributed by atoms with Crippen LogP contribution in [0.25, 0.3) is 0 Å². The number of hydrogen-bond donors (Lipinski definition) is 2. The van der Waals surface area contributed by atoms with Gasteiger partial charge in [-0.05, 0) is 5.21 Å². The molecule has 0 aromatic carbocycles. The number of rotatable bonds is 4. The average Bonchev–Trinajstić information content (AvgIpc) is 2.38. The van der Waals surface area contributed by atoms with Crippen LogP contribution in [0.3, 0.4) is 0 Å². The van der Waals surface area contributed by atoms with Gasteiger partial charge in [-0.1, -0.05) is 0 Å². The van der Waals surface area contributed by atoms with Gasteiger partial charge in [0.2, 0.25) is 0 Å². The van der Waals surface area contributed by atoms with Gasteiger partial charge >= 0.3 is 0 Å². The second-order valence-corrected chi connectivity index (χ2v) is 2.00. The number of hydrogen-bond acceptors (Lipinski definition) is 5. The fourth-order valence-electron chi connectivity index (χ4n) is 0.661. The Morgan fingerprint density at radius 1 is 1.27 bits per heavy atom. The second kappa shape index (κ2) is 3.99. The molecule has 0 aliphatic heterocycles. The standard InChI is InChI=1S/C5H10N4O2/c10-3-1-5-6-8-9(7-5)2-4-11/h10-11H,1-4H2. The molecule has 0 spiro atoms. The molecule has 11 heavy (non-hydrogen) atoms. The summed E-state index contributed by atoms with van der Waals surface area (Å²) in [4.78, 5) is 1.30. The lowest BCUT2D eigenvalue weighted by molar-refractivity contribution is 0.258. The molecule has 1 rings (SSSR count). The summed E-state index contributed by atoms with van der Waals surface area (Å²) in [7, 11) is 0. The molecule has 0 fully saturated rings. The van der Waals surface area contributed by atoms with Crippen molar-refractivity contribution in [3.63, 3.8) is 0 Å². The predicted octanol–water partition coefficient (Wildman–Crippen LogP) is -1.80. The highest BCUT2D eigenvalue weighted by Crippen LogP contribution is 1.86. The lowest BCUT2D eigenvalue weighted by Gasteiger charge is -1.90. The number of aliphatic hydroxyl groups is 2. The van der Waals surface area contributed by atoms with Gasteiger partial charge in [-0.15, -0.1) is 10.2 Å². The minimum Gasteiger partial charge on any atom is -0.396 e. The van der Waals surface area contributed by atoms with E-state index in [-0.39, 0.29) is 13.2 Å². The minimum absolute atomic E-state index is 0.00503. The molecule has 0 radical (unpaired) electrons. The van der Waals surface area contributed by atoms with E-state index in [1.807, 2.05) is 0 Å². The van der Waals surface area contributed by atoms with Crippen LogP contribution in [0.5, 0.6) is 0 Å². The summed E-state index contributed by atoms with van der Waals surface area (Å²) in [6.07, 6.45) is 0.408. The third kappa shape index (κ3) is 2.24. The van der Waals surface area contributed by atoms with Gasteiger partial charge in [-0.25, -0.2) is 0 Å². The van der Waals surface area contributed by atoms with Crippen LogP contribution < -0.4 is 0 Å². The molecular formula is C5H10N4O2. The van der Waals surface area contributed by atoms with Crippen molar-refractivity contribution < 1.29 is 10.2 Å². The van der Waals surface area contributed by atoms with Gasteiger partial charge in [0.05, 0.1) is 19.8 Å². The van der Waals surface area contributed by atoms with E-state index in [1.54, 1.807) is 0 Å². The Labute approximate surface area is 63.5 Å². The monoisotopic (exact) mass is 158 g/mol. The third-order valence-corrected chi connectivity index (χ3v) is 1.13. The maximum Gasteiger partial charge on any atom is 0.177 e. The van der Waals surface area contributed by atoms with E-state index in [0.717, 1.165) is 0 Å². The van der Waals surface area contributed by atoms with Gasteiger partial charge < -0.3 is 10.2 Å². The average molecular weight is 158 g/mol. The number of tetrazole rings is 1. The molecule has 0 saturated carbocycles. The minimum atomic E-state index is -0.00503. The summed E-state index contributed by atoms with van der Waals surface area (Å²) in [6.45, 7) is 0.359. The molecule has 0 bridgehead atoms. The van der Waals surface area contributed by atoms with Crippen molar-refractivity contribution in [2.45, 2.75) is 13.0 Å². The fourth-order valence-corrected chi connectivity index (χ4v) is 0.661. The second-order valence-electron chi connectivity index (χ2n) is 2.00. The summed E-state index contributed by atoms with van der Waals surface area (Å²) < 4.78 is 0. The molecule has 1 heterocycles. The maximum atomic E-state index is 8.49. The first-order chi connectivity index (χ1) is 5.36. The molecule has 0 unspecified atom stereocenters. The lowest BCUT2D eigenvalue weighted by atomic mass is 10.4. The molecule has 6 heteroatoms. The van der Waals surface area contributed by atoms with E-state index in [4.69, 9.17) is 10.2 Å². The van der Waals surface area contributed by atoms with Crippen molar-refractivity contribution in [2.24, 2.45) is 0 Å². The molecule has 62 valence electrons. The molecule has 0 aliphatic rings. The first-order valence-electron chi connectivity index (χ1n) is 3.35. The van der Waals surface area contributed by atoms with Crippen molar-refractivity contribution in [2.75, 3.05) is 13.2 Å². The summed E-state index contributed by atoms with van der Waals surface area (Å²) in [6, 6.07) is 0. The Kier molecular flexibility index (Phi) is 2.94. The van der Waals surface area contributed by atoms with Crippen LogP contribution in [0.15, 0.2) is 0 Å². The van der Waals surface area contributed by atoms with Crippen LogP contribution >= 0.6 is 0 Å². The molecular weight excluding hydrogens is 148 g/mol. The van der Waals surface area contributed by atoms with Crippen LogP contribution in [-0.4, -0.2) is 43.6 Å². The first-order valence-corrected chi connectivity index (χ1v) is 3.35. The maximum absolute atomic E-state index is 8.49. The molecule has 1 aromatic heterocycles. The van der Waals surface area contributed by atoms with Gasteiger partial charge in [0.1, 0.15) is 0 Å². The van der Waals surface area contributed by atoms with E-state index in [2.05, 4.69) is 15.4 Å². The van der Waals surface area contributed by atoms with E-state index < -0.39 is 0 Å². The molecule has 2 N–H and O–H groups in total. The van der Waals surface area contributed by atoms with Crippen LogP contribution in [0.4, 0.5) is 0 Å². The van der Waals surface area contributed by atoms with Crippen molar-refractivity contribution in [1.82, 2.24) is 20.2 Å². The van der Waals surface area contributed by atoms with Crippen LogP contribution in [0.1, 0.15) is 5.82 Å². The highest BCUT2D eigenvalue weighted by Gasteiger charge is 1.99. The van der Waals surface area contributed by atoms with E-state index >= 15 is 0 Å². The molecule has 0 amide bonds. The Bertz CT molecular complexity index is 192.